The van der Waals surface area contributed by atoms with Crippen molar-refractivity contribution in [2.24, 2.45) is 7.05 Å². The van der Waals surface area contributed by atoms with Gasteiger partial charge in [-0.1, -0.05) is 60.1 Å². The summed E-state index contributed by atoms with van der Waals surface area (Å²) in [6, 6.07) is 25.6. The minimum absolute atomic E-state index is 0.182. The molecule has 1 amide bonds. The summed E-state index contributed by atoms with van der Waals surface area (Å²) in [4.78, 5) is 26.8. The van der Waals surface area contributed by atoms with Crippen LogP contribution in [0, 0.1) is 11.3 Å². The molecule has 0 atom stereocenters. The van der Waals surface area contributed by atoms with E-state index in [4.69, 9.17) is 11.6 Å². The number of aromatic nitrogens is 2. The fourth-order valence-corrected chi connectivity index (χ4v) is 5.31. The van der Waals surface area contributed by atoms with E-state index in [1.54, 1.807) is 54.6 Å². The van der Waals surface area contributed by atoms with Crippen LogP contribution in [-0.2, 0) is 11.8 Å². The highest BCUT2D eigenvalue weighted by Crippen LogP contribution is 2.22. The van der Waals surface area contributed by atoms with Crippen LogP contribution in [0.1, 0.15) is 5.56 Å². The average Bonchev–Trinajstić information content (AvgIpc) is 3.38. The van der Waals surface area contributed by atoms with Crippen molar-refractivity contribution in [1.29, 1.82) is 5.26 Å². The molecule has 5 rings (SSSR count). The van der Waals surface area contributed by atoms with E-state index >= 15 is 0 Å². The van der Waals surface area contributed by atoms with E-state index in [9.17, 15) is 14.9 Å². The van der Waals surface area contributed by atoms with Crippen molar-refractivity contribution in [2.75, 3.05) is 5.32 Å². The maximum Gasteiger partial charge on any atom is 0.273 e. The number of carbonyl (C=O) groups is 1. The Bertz CT molecular complexity index is 1840. The number of para-hydroxylation sites is 3. The highest BCUT2D eigenvalue weighted by molar-refractivity contribution is 7.07. The highest BCUT2D eigenvalue weighted by Gasteiger charge is 2.18. The van der Waals surface area contributed by atoms with Gasteiger partial charge in [-0.3, -0.25) is 14.2 Å². The Labute approximate surface area is 215 Å². The summed E-state index contributed by atoms with van der Waals surface area (Å²) < 4.78 is 4.05. The molecule has 0 spiro atoms. The van der Waals surface area contributed by atoms with Gasteiger partial charge in [0.2, 0.25) is 0 Å². The molecular formula is C28H19ClN4O2S. The number of carbonyl (C=O) groups excluding carboxylic acids is 1. The topological polar surface area (TPSA) is 79.8 Å². The van der Waals surface area contributed by atoms with E-state index in [0.717, 1.165) is 27.8 Å². The van der Waals surface area contributed by atoms with E-state index in [0.29, 0.717) is 20.9 Å². The lowest BCUT2D eigenvalue weighted by Crippen LogP contribution is -2.32. The number of amides is 1. The molecule has 0 aliphatic carbocycles. The van der Waals surface area contributed by atoms with Gasteiger partial charge in [-0.05, 0) is 36.4 Å². The Balaban J connectivity index is 1.77. The third-order valence-corrected chi connectivity index (χ3v) is 7.15. The van der Waals surface area contributed by atoms with Gasteiger partial charge in [-0.25, -0.2) is 0 Å². The standard InChI is InChI=1S/C28H19ClN4O2S/c1-32-17-18(20-11-5-8-14-24(20)32)15-25-27(35)33(19-9-3-2-4-10-19)28(36-25)21(16-30)26(34)31-23-13-7-6-12-22(23)29/h2-15,17H,1H3,(H,31,34)/b25-15-,28-21-. The van der Waals surface area contributed by atoms with Gasteiger partial charge in [-0.15, -0.1) is 11.3 Å². The average molecular weight is 511 g/mol. The quantitative estimate of drug-likeness (QED) is 0.394. The molecule has 36 heavy (non-hydrogen) atoms. The maximum atomic E-state index is 13.7. The predicted octanol–water partition coefficient (Wildman–Crippen LogP) is 4.19. The zero-order valence-electron chi connectivity index (χ0n) is 19.1. The number of nitrogens with zero attached hydrogens (tertiary/aromatic N) is 3. The molecule has 0 radical (unpaired) electrons. The number of thiazole rings is 1. The van der Waals surface area contributed by atoms with E-state index < -0.39 is 5.91 Å². The van der Waals surface area contributed by atoms with E-state index in [-0.39, 0.29) is 15.8 Å². The van der Waals surface area contributed by atoms with Gasteiger partial charge in [0.15, 0.2) is 5.57 Å². The number of halogens is 1. The van der Waals surface area contributed by atoms with Crippen molar-refractivity contribution >= 4 is 57.1 Å². The van der Waals surface area contributed by atoms with Gasteiger partial charge in [0, 0.05) is 29.7 Å². The zero-order valence-corrected chi connectivity index (χ0v) is 20.7. The number of anilines is 1. The predicted molar refractivity (Wildman–Crippen MR) is 145 cm³/mol. The molecule has 1 N–H and O–H groups in total. The molecular weight excluding hydrogens is 492 g/mol. The lowest BCUT2D eigenvalue weighted by atomic mass is 10.2. The van der Waals surface area contributed by atoms with Crippen LogP contribution in [0.2, 0.25) is 5.02 Å². The summed E-state index contributed by atoms with van der Waals surface area (Å²) in [5.74, 6) is -0.645. The van der Waals surface area contributed by atoms with Crippen molar-refractivity contribution in [3.05, 3.63) is 115 Å². The number of nitrogens with one attached hydrogen (secondary N) is 1. The second-order valence-corrected chi connectivity index (χ2v) is 9.46. The molecule has 0 saturated heterocycles. The zero-order chi connectivity index (χ0) is 25.2. The molecule has 8 heteroatoms. The van der Waals surface area contributed by atoms with Crippen LogP contribution in [0.3, 0.4) is 0 Å². The summed E-state index contributed by atoms with van der Waals surface area (Å²) >= 11 is 7.29. The molecule has 3 aromatic carbocycles. The Morgan fingerprint density at radius 3 is 2.47 bits per heavy atom. The number of aryl methyl sites for hydroxylation is 1. The first-order valence-electron chi connectivity index (χ1n) is 11.0. The Kier molecular flexibility index (Phi) is 6.30. The normalized spacial score (nSPS) is 12.4. The molecule has 0 saturated carbocycles. The minimum Gasteiger partial charge on any atom is -0.350 e. The number of nitriles is 1. The summed E-state index contributed by atoms with van der Waals surface area (Å²) in [7, 11) is 1.95. The lowest BCUT2D eigenvalue weighted by molar-refractivity contribution is -0.111. The van der Waals surface area contributed by atoms with Crippen LogP contribution < -0.4 is 20.1 Å². The molecule has 5 aromatic rings. The van der Waals surface area contributed by atoms with Crippen LogP contribution in [0.4, 0.5) is 5.69 Å². The number of rotatable bonds is 4. The van der Waals surface area contributed by atoms with Crippen LogP contribution in [0.25, 0.3) is 28.2 Å². The fraction of sp³-hybridized carbons (Fsp3) is 0.0357. The SMILES string of the molecule is Cn1cc(/C=c2\s/c(=C(/C#N)C(=O)Nc3ccccc3Cl)n(-c3ccccc3)c2=O)c2ccccc21. The van der Waals surface area contributed by atoms with Gasteiger partial charge in [0.25, 0.3) is 11.5 Å². The second kappa shape index (κ2) is 9.70. The van der Waals surface area contributed by atoms with Gasteiger partial charge in [-0.2, -0.15) is 5.26 Å². The number of benzene rings is 3. The molecule has 0 bridgehead atoms. The third-order valence-electron chi connectivity index (χ3n) is 5.73. The Hall–Kier alpha value is -4.38. The summed E-state index contributed by atoms with van der Waals surface area (Å²) in [5, 5.41) is 14.0. The van der Waals surface area contributed by atoms with Gasteiger partial charge >= 0.3 is 0 Å². The van der Waals surface area contributed by atoms with E-state index in [2.05, 4.69) is 5.32 Å². The first-order chi connectivity index (χ1) is 17.5. The number of hydrogen-bond donors (Lipinski definition) is 1. The van der Waals surface area contributed by atoms with Crippen molar-refractivity contribution in [3.8, 4) is 11.8 Å². The molecule has 176 valence electrons. The maximum absolute atomic E-state index is 13.7. The first kappa shape index (κ1) is 23.4. The monoisotopic (exact) mass is 510 g/mol. The minimum atomic E-state index is -0.645. The third kappa shape index (κ3) is 4.24. The molecule has 2 heterocycles. The van der Waals surface area contributed by atoms with E-state index in [1.165, 1.54) is 4.57 Å². The Morgan fingerprint density at radius 2 is 1.72 bits per heavy atom. The van der Waals surface area contributed by atoms with Crippen molar-refractivity contribution in [3.63, 3.8) is 0 Å². The van der Waals surface area contributed by atoms with Crippen molar-refractivity contribution < 1.29 is 4.79 Å². The van der Waals surface area contributed by atoms with Crippen LogP contribution in [0.15, 0.2) is 89.9 Å². The summed E-state index contributed by atoms with van der Waals surface area (Å²) in [6.45, 7) is 0. The molecule has 0 aliphatic heterocycles. The second-order valence-electron chi connectivity index (χ2n) is 8.03. The molecule has 6 nitrogen and oxygen atoms in total. The van der Waals surface area contributed by atoms with Crippen LogP contribution in [0.5, 0.6) is 0 Å². The lowest BCUT2D eigenvalue weighted by Gasteiger charge is -2.07. The molecule has 0 aliphatic rings. The fourth-order valence-electron chi connectivity index (χ4n) is 4.03. The van der Waals surface area contributed by atoms with E-state index in [1.807, 2.05) is 54.2 Å². The molecule has 0 unspecified atom stereocenters. The van der Waals surface area contributed by atoms with Crippen LogP contribution >= 0.6 is 22.9 Å². The number of hydrogen-bond acceptors (Lipinski definition) is 4. The largest absolute Gasteiger partial charge is 0.350 e. The van der Waals surface area contributed by atoms with Gasteiger partial charge < -0.3 is 9.88 Å². The van der Waals surface area contributed by atoms with Crippen molar-refractivity contribution in [2.45, 2.75) is 0 Å². The molecule has 0 fully saturated rings. The Morgan fingerprint density at radius 1 is 1.03 bits per heavy atom. The van der Waals surface area contributed by atoms with Gasteiger partial charge in [0.1, 0.15) is 10.7 Å². The highest BCUT2D eigenvalue weighted by atomic mass is 35.5. The van der Waals surface area contributed by atoms with Crippen molar-refractivity contribution in [1.82, 2.24) is 9.13 Å². The summed E-state index contributed by atoms with van der Waals surface area (Å²) in [5.41, 5.74) is 2.35. The summed E-state index contributed by atoms with van der Waals surface area (Å²) in [6.07, 6.45) is 3.76. The first-order valence-corrected chi connectivity index (χ1v) is 12.2. The molecule has 2 aromatic heterocycles. The van der Waals surface area contributed by atoms with Crippen LogP contribution in [-0.4, -0.2) is 15.0 Å². The smallest absolute Gasteiger partial charge is 0.273 e. The van der Waals surface area contributed by atoms with Gasteiger partial charge in [0.05, 0.1) is 20.9 Å². The number of fused-ring (bicyclic) bond motifs is 1.